The van der Waals surface area contributed by atoms with E-state index in [0.29, 0.717) is 5.92 Å². The van der Waals surface area contributed by atoms with Crippen molar-refractivity contribution >= 4 is 5.82 Å². The van der Waals surface area contributed by atoms with E-state index in [0.717, 1.165) is 63.7 Å². The van der Waals surface area contributed by atoms with E-state index in [1.165, 1.54) is 0 Å². The van der Waals surface area contributed by atoms with Crippen molar-refractivity contribution in [3.05, 3.63) is 18.1 Å². The highest BCUT2D eigenvalue weighted by Gasteiger charge is 2.33. The highest BCUT2D eigenvalue weighted by Crippen LogP contribution is 2.32. The molecule has 1 atom stereocenters. The Morgan fingerprint density at radius 3 is 2.77 bits per heavy atom. The summed E-state index contributed by atoms with van der Waals surface area (Å²) in [7, 11) is 2.03. The zero-order valence-electron chi connectivity index (χ0n) is 13.2. The Balaban J connectivity index is 1.71. The number of aliphatic hydroxyl groups is 1. The van der Waals surface area contributed by atoms with E-state index in [9.17, 15) is 5.11 Å². The van der Waals surface area contributed by atoms with Crippen LogP contribution in [0, 0.1) is 5.41 Å². The molecule has 0 unspecified atom stereocenters. The predicted octanol–water partition coefficient (Wildman–Crippen LogP) is 1.21. The van der Waals surface area contributed by atoms with Gasteiger partial charge in [-0.05, 0) is 19.3 Å². The number of nitrogens with zero attached hydrogens (tertiary/aromatic N) is 3. The fourth-order valence-corrected chi connectivity index (χ4v) is 3.32. The van der Waals surface area contributed by atoms with Crippen LogP contribution in [0.4, 0.5) is 5.82 Å². The standard InChI is InChI=1S/C16H25N3O3/c1-19(10-16(11-20)3-6-21-7-4-16)15-8-14(17-12-18-15)13-2-5-22-9-13/h8,12-13,20H,2-7,9-11H2,1H3/t13-/m1/s1. The van der Waals surface area contributed by atoms with Crippen LogP contribution >= 0.6 is 0 Å². The second kappa shape index (κ2) is 6.89. The van der Waals surface area contributed by atoms with Crippen LogP contribution in [0.2, 0.25) is 0 Å². The molecule has 122 valence electrons. The summed E-state index contributed by atoms with van der Waals surface area (Å²) in [5.74, 6) is 1.29. The van der Waals surface area contributed by atoms with Gasteiger partial charge in [0.1, 0.15) is 12.1 Å². The number of rotatable bonds is 5. The van der Waals surface area contributed by atoms with Crippen molar-refractivity contribution in [2.24, 2.45) is 5.41 Å². The van der Waals surface area contributed by atoms with Gasteiger partial charge < -0.3 is 19.5 Å². The lowest BCUT2D eigenvalue weighted by molar-refractivity contribution is -0.0113. The lowest BCUT2D eigenvalue weighted by Gasteiger charge is -2.38. The SMILES string of the molecule is CN(CC1(CO)CCOCC1)c1cc([C@@H]2CCOC2)ncn1. The highest BCUT2D eigenvalue weighted by atomic mass is 16.5. The number of aromatic nitrogens is 2. The van der Waals surface area contributed by atoms with Gasteiger partial charge in [0.25, 0.3) is 0 Å². The summed E-state index contributed by atoms with van der Waals surface area (Å²) in [5, 5.41) is 9.83. The van der Waals surface area contributed by atoms with Crippen LogP contribution in [-0.4, -0.2) is 61.7 Å². The van der Waals surface area contributed by atoms with E-state index < -0.39 is 0 Å². The Hall–Kier alpha value is -1.24. The molecule has 3 rings (SSSR count). The zero-order chi connectivity index (χ0) is 15.4. The van der Waals surface area contributed by atoms with Crippen LogP contribution in [0.15, 0.2) is 12.4 Å². The van der Waals surface area contributed by atoms with Gasteiger partial charge in [-0.1, -0.05) is 0 Å². The molecule has 2 fully saturated rings. The number of hydrogen-bond donors (Lipinski definition) is 1. The fraction of sp³-hybridized carbons (Fsp3) is 0.750. The fourth-order valence-electron chi connectivity index (χ4n) is 3.32. The van der Waals surface area contributed by atoms with E-state index in [2.05, 4.69) is 20.9 Å². The predicted molar refractivity (Wildman–Crippen MR) is 83.1 cm³/mol. The summed E-state index contributed by atoms with van der Waals surface area (Å²) in [4.78, 5) is 10.9. The minimum atomic E-state index is -0.0887. The van der Waals surface area contributed by atoms with E-state index >= 15 is 0 Å². The van der Waals surface area contributed by atoms with Crippen molar-refractivity contribution in [1.82, 2.24) is 9.97 Å². The summed E-state index contributed by atoms with van der Waals surface area (Å²) in [6.07, 6.45) is 4.44. The first-order chi connectivity index (χ1) is 10.7. The van der Waals surface area contributed by atoms with E-state index in [4.69, 9.17) is 9.47 Å². The third-order valence-electron chi connectivity index (χ3n) is 4.87. The average Bonchev–Trinajstić information content (AvgIpc) is 3.10. The molecule has 0 aliphatic carbocycles. The summed E-state index contributed by atoms with van der Waals surface area (Å²) >= 11 is 0. The molecule has 0 bridgehead atoms. The second-order valence-electron chi connectivity index (χ2n) is 6.49. The second-order valence-corrected chi connectivity index (χ2v) is 6.49. The third-order valence-corrected chi connectivity index (χ3v) is 4.87. The van der Waals surface area contributed by atoms with Crippen molar-refractivity contribution in [2.75, 3.05) is 51.5 Å². The average molecular weight is 307 g/mol. The topological polar surface area (TPSA) is 67.7 Å². The number of hydrogen-bond acceptors (Lipinski definition) is 6. The maximum absolute atomic E-state index is 9.83. The van der Waals surface area contributed by atoms with E-state index in [1.54, 1.807) is 6.33 Å². The molecule has 6 nitrogen and oxygen atoms in total. The van der Waals surface area contributed by atoms with Gasteiger partial charge in [-0.2, -0.15) is 0 Å². The molecular weight excluding hydrogens is 282 g/mol. The zero-order valence-corrected chi connectivity index (χ0v) is 13.2. The van der Waals surface area contributed by atoms with Crippen molar-refractivity contribution in [1.29, 1.82) is 0 Å². The Bertz CT molecular complexity index is 485. The van der Waals surface area contributed by atoms with Crippen molar-refractivity contribution in [3.63, 3.8) is 0 Å². The van der Waals surface area contributed by atoms with Crippen LogP contribution in [0.5, 0.6) is 0 Å². The Morgan fingerprint density at radius 2 is 2.09 bits per heavy atom. The van der Waals surface area contributed by atoms with Crippen LogP contribution in [0.25, 0.3) is 0 Å². The van der Waals surface area contributed by atoms with Crippen LogP contribution < -0.4 is 4.90 Å². The van der Waals surface area contributed by atoms with Gasteiger partial charge in [0.15, 0.2) is 0 Å². The van der Waals surface area contributed by atoms with Gasteiger partial charge in [0, 0.05) is 50.8 Å². The summed E-state index contributed by atoms with van der Waals surface area (Å²) in [6, 6.07) is 2.06. The summed E-state index contributed by atoms with van der Waals surface area (Å²) in [6.45, 7) is 3.98. The van der Waals surface area contributed by atoms with Gasteiger partial charge >= 0.3 is 0 Å². The van der Waals surface area contributed by atoms with Gasteiger partial charge in [-0.15, -0.1) is 0 Å². The maximum Gasteiger partial charge on any atom is 0.131 e. The molecule has 1 aromatic heterocycles. The number of ether oxygens (including phenoxy) is 2. The molecule has 0 spiro atoms. The van der Waals surface area contributed by atoms with Gasteiger partial charge in [-0.3, -0.25) is 0 Å². The lowest BCUT2D eigenvalue weighted by atomic mass is 9.80. The molecule has 0 radical (unpaired) electrons. The first-order valence-corrected chi connectivity index (χ1v) is 8.02. The van der Waals surface area contributed by atoms with Crippen LogP contribution in [0.3, 0.4) is 0 Å². The molecule has 1 N–H and O–H groups in total. The molecule has 0 amide bonds. The molecule has 3 heterocycles. The Labute approximate surface area is 131 Å². The van der Waals surface area contributed by atoms with Gasteiger partial charge in [0.2, 0.25) is 0 Å². The first kappa shape index (κ1) is 15.6. The van der Waals surface area contributed by atoms with E-state index in [1.807, 2.05) is 7.05 Å². The van der Waals surface area contributed by atoms with Crippen LogP contribution in [0.1, 0.15) is 30.9 Å². The van der Waals surface area contributed by atoms with Crippen molar-refractivity contribution in [2.45, 2.75) is 25.2 Å². The van der Waals surface area contributed by atoms with Crippen molar-refractivity contribution < 1.29 is 14.6 Å². The smallest absolute Gasteiger partial charge is 0.131 e. The Kier molecular flexibility index (Phi) is 4.90. The quantitative estimate of drug-likeness (QED) is 0.882. The van der Waals surface area contributed by atoms with Gasteiger partial charge in [0.05, 0.1) is 18.9 Å². The molecule has 2 aliphatic heterocycles. The minimum Gasteiger partial charge on any atom is -0.396 e. The molecular formula is C16H25N3O3. The lowest BCUT2D eigenvalue weighted by Crippen LogP contribution is -2.43. The maximum atomic E-state index is 9.83. The monoisotopic (exact) mass is 307 g/mol. The molecule has 22 heavy (non-hydrogen) atoms. The molecule has 2 aliphatic rings. The normalized spacial score (nSPS) is 24.4. The largest absolute Gasteiger partial charge is 0.396 e. The molecule has 0 aromatic carbocycles. The van der Waals surface area contributed by atoms with Crippen LogP contribution in [-0.2, 0) is 9.47 Å². The summed E-state index contributed by atoms with van der Waals surface area (Å²) < 4.78 is 10.9. The third kappa shape index (κ3) is 3.39. The first-order valence-electron chi connectivity index (χ1n) is 8.02. The number of anilines is 1. The molecule has 1 aromatic rings. The molecule has 0 saturated carbocycles. The van der Waals surface area contributed by atoms with Gasteiger partial charge in [-0.25, -0.2) is 9.97 Å². The highest BCUT2D eigenvalue weighted by molar-refractivity contribution is 5.39. The molecule has 6 heteroatoms. The van der Waals surface area contributed by atoms with E-state index in [-0.39, 0.29) is 12.0 Å². The summed E-state index contributed by atoms with van der Waals surface area (Å²) in [5.41, 5.74) is 0.966. The Morgan fingerprint density at radius 1 is 1.27 bits per heavy atom. The minimum absolute atomic E-state index is 0.0887. The number of aliphatic hydroxyl groups excluding tert-OH is 1. The molecule has 2 saturated heterocycles. The van der Waals surface area contributed by atoms with Crippen molar-refractivity contribution in [3.8, 4) is 0 Å².